The van der Waals surface area contributed by atoms with Gasteiger partial charge in [-0.2, -0.15) is 0 Å². The first-order chi connectivity index (χ1) is 10.1. The molecule has 1 aliphatic rings. The van der Waals surface area contributed by atoms with Crippen LogP contribution in [0.25, 0.3) is 0 Å². The van der Waals surface area contributed by atoms with Crippen LogP contribution in [0.2, 0.25) is 0 Å². The molecule has 116 valence electrons. The van der Waals surface area contributed by atoms with Crippen molar-refractivity contribution in [2.75, 3.05) is 25.1 Å². The van der Waals surface area contributed by atoms with E-state index in [1.807, 2.05) is 31.2 Å². The molecule has 5 nitrogen and oxygen atoms in total. The highest BCUT2D eigenvalue weighted by atomic mass is 16.5. The Hall–Kier alpha value is -1.59. The van der Waals surface area contributed by atoms with Gasteiger partial charge in [-0.1, -0.05) is 0 Å². The van der Waals surface area contributed by atoms with E-state index in [1.54, 1.807) is 0 Å². The lowest BCUT2D eigenvalue weighted by molar-refractivity contribution is -0.116. The van der Waals surface area contributed by atoms with Crippen LogP contribution in [0.5, 0.6) is 5.75 Å². The summed E-state index contributed by atoms with van der Waals surface area (Å²) >= 11 is 0. The summed E-state index contributed by atoms with van der Waals surface area (Å²) in [6, 6.07) is 7.31. The third-order valence-electron chi connectivity index (χ3n) is 3.47. The number of benzene rings is 1. The van der Waals surface area contributed by atoms with Crippen LogP contribution < -0.4 is 15.8 Å². The van der Waals surface area contributed by atoms with E-state index in [4.69, 9.17) is 15.2 Å². The predicted molar refractivity (Wildman–Crippen MR) is 82.4 cm³/mol. The highest BCUT2D eigenvalue weighted by Gasteiger charge is 2.14. The maximum atomic E-state index is 11.6. The van der Waals surface area contributed by atoms with Crippen LogP contribution in [0.3, 0.4) is 0 Å². The van der Waals surface area contributed by atoms with Gasteiger partial charge in [-0.3, -0.25) is 4.79 Å². The molecule has 0 aliphatic carbocycles. The van der Waals surface area contributed by atoms with E-state index in [9.17, 15) is 4.79 Å². The first-order valence-electron chi connectivity index (χ1n) is 7.49. The molecule has 1 fully saturated rings. The molecule has 1 atom stereocenters. The molecule has 0 aromatic heterocycles. The Bertz CT molecular complexity index is 439. The van der Waals surface area contributed by atoms with Gasteiger partial charge in [0, 0.05) is 31.4 Å². The van der Waals surface area contributed by atoms with Crippen LogP contribution in [0.4, 0.5) is 5.69 Å². The summed E-state index contributed by atoms with van der Waals surface area (Å²) in [4.78, 5) is 11.6. The van der Waals surface area contributed by atoms with Crippen LogP contribution >= 0.6 is 0 Å². The SMILES string of the molecule is CC(N)CC(=O)Nc1ccc(OCC2CCOCC2)cc1. The molecule has 1 aromatic carbocycles. The van der Waals surface area contributed by atoms with Gasteiger partial charge in [0.05, 0.1) is 6.61 Å². The van der Waals surface area contributed by atoms with Gasteiger partial charge in [-0.05, 0) is 49.9 Å². The molecule has 1 aliphatic heterocycles. The van der Waals surface area contributed by atoms with E-state index < -0.39 is 0 Å². The smallest absolute Gasteiger partial charge is 0.225 e. The van der Waals surface area contributed by atoms with Gasteiger partial charge in [0.25, 0.3) is 0 Å². The molecule has 2 rings (SSSR count). The Labute approximate surface area is 125 Å². The fraction of sp³-hybridized carbons (Fsp3) is 0.562. The molecule has 0 bridgehead atoms. The number of nitrogens with two attached hydrogens (primary N) is 1. The molecule has 1 amide bonds. The van der Waals surface area contributed by atoms with E-state index in [0.717, 1.165) is 44.1 Å². The highest BCUT2D eigenvalue weighted by molar-refractivity contribution is 5.91. The molecule has 1 heterocycles. The summed E-state index contributed by atoms with van der Waals surface area (Å²) in [5.74, 6) is 1.33. The van der Waals surface area contributed by atoms with Crippen LogP contribution in [0, 0.1) is 5.92 Å². The zero-order valence-electron chi connectivity index (χ0n) is 12.5. The van der Waals surface area contributed by atoms with E-state index in [-0.39, 0.29) is 11.9 Å². The molecular weight excluding hydrogens is 268 g/mol. The average Bonchev–Trinajstić information content (AvgIpc) is 2.47. The summed E-state index contributed by atoms with van der Waals surface area (Å²) in [5, 5.41) is 2.81. The molecule has 5 heteroatoms. The maximum Gasteiger partial charge on any atom is 0.225 e. The number of ether oxygens (including phenoxy) is 2. The Morgan fingerprint density at radius 2 is 2.05 bits per heavy atom. The Morgan fingerprint density at radius 1 is 1.38 bits per heavy atom. The van der Waals surface area contributed by atoms with Crippen molar-refractivity contribution in [1.29, 1.82) is 0 Å². The van der Waals surface area contributed by atoms with E-state index in [0.29, 0.717) is 12.3 Å². The highest BCUT2D eigenvalue weighted by Crippen LogP contribution is 2.19. The average molecular weight is 292 g/mol. The van der Waals surface area contributed by atoms with Crippen molar-refractivity contribution >= 4 is 11.6 Å². The first kappa shape index (κ1) is 15.8. The topological polar surface area (TPSA) is 73.6 Å². The number of anilines is 1. The minimum absolute atomic E-state index is 0.0686. The van der Waals surface area contributed by atoms with Crippen molar-refractivity contribution < 1.29 is 14.3 Å². The van der Waals surface area contributed by atoms with Gasteiger partial charge >= 0.3 is 0 Å². The number of amides is 1. The monoisotopic (exact) mass is 292 g/mol. The van der Waals surface area contributed by atoms with Gasteiger partial charge in [0.2, 0.25) is 5.91 Å². The molecule has 0 saturated carbocycles. The number of nitrogens with one attached hydrogen (secondary N) is 1. The Balaban J connectivity index is 1.77. The molecule has 1 aromatic rings. The van der Waals surface area contributed by atoms with Crippen molar-refractivity contribution in [3.05, 3.63) is 24.3 Å². The zero-order chi connectivity index (χ0) is 15.1. The van der Waals surface area contributed by atoms with Gasteiger partial charge < -0.3 is 20.5 Å². The number of carbonyl (C=O) groups is 1. The fourth-order valence-electron chi connectivity index (χ4n) is 2.27. The minimum atomic E-state index is -0.132. The minimum Gasteiger partial charge on any atom is -0.493 e. The van der Waals surface area contributed by atoms with Crippen molar-refractivity contribution in [3.63, 3.8) is 0 Å². The second-order valence-corrected chi connectivity index (χ2v) is 5.62. The summed E-state index contributed by atoms with van der Waals surface area (Å²) in [6.45, 7) is 4.20. The second-order valence-electron chi connectivity index (χ2n) is 5.62. The summed E-state index contributed by atoms with van der Waals surface area (Å²) in [5.41, 5.74) is 6.35. The quantitative estimate of drug-likeness (QED) is 0.842. The maximum absolute atomic E-state index is 11.6. The molecule has 0 spiro atoms. The normalized spacial score (nSPS) is 17.2. The van der Waals surface area contributed by atoms with Crippen LogP contribution in [0.1, 0.15) is 26.2 Å². The van der Waals surface area contributed by atoms with Gasteiger partial charge in [-0.15, -0.1) is 0 Å². The van der Waals surface area contributed by atoms with Crippen molar-refractivity contribution in [1.82, 2.24) is 0 Å². The first-order valence-corrected chi connectivity index (χ1v) is 7.49. The van der Waals surface area contributed by atoms with Crippen LogP contribution in [0.15, 0.2) is 24.3 Å². The van der Waals surface area contributed by atoms with E-state index in [1.165, 1.54) is 0 Å². The fourth-order valence-corrected chi connectivity index (χ4v) is 2.27. The number of hydrogen-bond acceptors (Lipinski definition) is 4. The Kier molecular flexibility index (Phi) is 6.02. The van der Waals surface area contributed by atoms with Gasteiger partial charge in [0.1, 0.15) is 5.75 Å². The summed E-state index contributed by atoms with van der Waals surface area (Å²) < 4.78 is 11.1. The van der Waals surface area contributed by atoms with Gasteiger partial charge in [0.15, 0.2) is 0 Å². The number of rotatable bonds is 6. The lowest BCUT2D eigenvalue weighted by Crippen LogP contribution is -2.24. The number of carbonyl (C=O) groups excluding carboxylic acids is 1. The van der Waals surface area contributed by atoms with Crippen molar-refractivity contribution in [2.24, 2.45) is 11.7 Å². The van der Waals surface area contributed by atoms with Crippen LogP contribution in [-0.4, -0.2) is 31.8 Å². The third-order valence-corrected chi connectivity index (χ3v) is 3.47. The number of hydrogen-bond donors (Lipinski definition) is 2. The lowest BCUT2D eigenvalue weighted by Gasteiger charge is -2.22. The van der Waals surface area contributed by atoms with Crippen LogP contribution in [-0.2, 0) is 9.53 Å². The van der Waals surface area contributed by atoms with Crippen molar-refractivity contribution in [3.8, 4) is 5.75 Å². The van der Waals surface area contributed by atoms with Crippen molar-refractivity contribution in [2.45, 2.75) is 32.2 Å². The van der Waals surface area contributed by atoms with Gasteiger partial charge in [-0.25, -0.2) is 0 Å². The summed E-state index contributed by atoms with van der Waals surface area (Å²) in [7, 11) is 0. The second kappa shape index (κ2) is 8.00. The molecule has 0 radical (unpaired) electrons. The Morgan fingerprint density at radius 3 is 2.67 bits per heavy atom. The predicted octanol–water partition coefficient (Wildman–Crippen LogP) is 2.17. The molecular formula is C16H24N2O3. The molecule has 21 heavy (non-hydrogen) atoms. The summed E-state index contributed by atoms with van der Waals surface area (Å²) in [6.07, 6.45) is 2.44. The third kappa shape index (κ3) is 5.73. The zero-order valence-corrected chi connectivity index (χ0v) is 12.5. The molecule has 1 unspecified atom stereocenters. The standard InChI is InChI=1S/C16H24N2O3/c1-12(17)10-16(19)18-14-2-4-15(5-3-14)21-11-13-6-8-20-9-7-13/h2-5,12-13H,6-11,17H2,1H3,(H,18,19). The molecule has 3 N–H and O–H groups in total. The van der Waals surface area contributed by atoms with E-state index in [2.05, 4.69) is 5.32 Å². The van der Waals surface area contributed by atoms with E-state index >= 15 is 0 Å². The lowest BCUT2D eigenvalue weighted by atomic mass is 10.0. The largest absolute Gasteiger partial charge is 0.493 e. The molecule has 1 saturated heterocycles.